The molecule has 0 unspecified atom stereocenters. The predicted octanol–water partition coefficient (Wildman–Crippen LogP) is 5.55. The fraction of sp³-hybridized carbons (Fsp3) is 0.643. The average molecular weight is 550 g/mol. The minimum Gasteiger partial charge on any atom is -0.343 e. The third-order valence-corrected chi connectivity index (χ3v) is 11.5. The molecule has 0 atom stereocenters. The fourth-order valence-electron chi connectivity index (χ4n) is 6.16. The molecule has 4 rings (SSSR count). The summed E-state index contributed by atoms with van der Waals surface area (Å²) in [6.45, 7) is 13.1. The molecule has 2 fully saturated rings. The van der Waals surface area contributed by atoms with Gasteiger partial charge in [0.2, 0.25) is 20.0 Å². The lowest BCUT2D eigenvalue weighted by molar-refractivity contribution is 0.291. The topological polar surface area (TPSA) is 102 Å². The number of primary sulfonamides is 1. The summed E-state index contributed by atoms with van der Waals surface area (Å²) in [5, 5.41) is 5.60. The Bertz CT molecular complexity index is 1380. The monoisotopic (exact) mass is 549 g/mol. The van der Waals surface area contributed by atoms with Gasteiger partial charge in [-0.15, -0.1) is 0 Å². The van der Waals surface area contributed by atoms with Crippen molar-refractivity contribution in [2.24, 2.45) is 11.1 Å². The highest BCUT2D eigenvalue weighted by Gasteiger charge is 2.42. The molecule has 1 saturated carbocycles. The third-order valence-electron chi connectivity index (χ3n) is 8.27. The van der Waals surface area contributed by atoms with Crippen LogP contribution in [-0.2, 0) is 32.0 Å². The molecule has 0 spiro atoms. The van der Waals surface area contributed by atoms with Crippen LogP contribution in [-0.4, -0.2) is 37.8 Å². The first kappa shape index (κ1) is 28.3. The van der Waals surface area contributed by atoms with E-state index in [0.717, 1.165) is 49.0 Å². The summed E-state index contributed by atoms with van der Waals surface area (Å²) in [6.07, 6.45) is 7.55. The minimum atomic E-state index is -3.90. The standard InChI is InChI=1S/C28H43N3O4S2/c1-20-26(36(29,32)33)18-24(30(20)19-21-11-8-7-9-12-21)22-13-14-25(23(17-22)27(2,3)4)37(34,35)31-16-10-15-28(31,5)6/h13-14,17-18,21H,7-12,15-16,19H2,1-6H3,(H2,29,32,33). The first-order valence-corrected chi connectivity index (χ1v) is 16.4. The fourth-order valence-corrected chi connectivity index (χ4v) is 9.19. The van der Waals surface area contributed by atoms with E-state index in [1.165, 1.54) is 19.3 Å². The number of nitrogens with zero attached hydrogens (tertiary/aromatic N) is 2. The molecule has 2 heterocycles. The number of nitrogens with two attached hydrogens (primary N) is 1. The molecule has 37 heavy (non-hydrogen) atoms. The van der Waals surface area contributed by atoms with Crippen LogP contribution >= 0.6 is 0 Å². The van der Waals surface area contributed by atoms with Crippen LogP contribution in [0.4, 0.5) is 0 Å². The van der Waals surface area contributed by atoms with Crippen molar-refractivity contribution < 1.29 is 16.8 Å². The number of hydrogen-bond acceptors (Lipinski definition) is 4. The highest BCUT2D eigenvalue weighted by atomic mass is 32.2. The highest BCUT2D eigenvalue weighted by molar-refractivity contribution is 7.89. The molecule has 1 aliphatic carbocycles. The lowest BCUT2D eigenvalue weighted by Crippen LogP contribution is -2.43. The summed E-state index contributed by atoms with van der Waals surface area (Å²) in [5.41, 5.74) is 2.06. The maximum absolute atomic E-state index is 13.9. The van der Waals surface area contributed by atoms with Crippen LogP contribution in [0.2, 0.25) is 0 Å². The summed E-state index contributed by atoms with van der Waals surface area (Å²) in [7, 11) is -7.61. The van der Waals surface area contributed by atoms with Crippen molar-refractivity contribution in [2.45, 2.75) is 114 Å². The van der Waals surface area contributed by atoms with Crippen molar-refractivity contribution in [3.05, 3.63) is 35.5 Å². The summed E-state index contributed by atoms with van der Waals surface area (Å²) in [4.78, 5) is 0.457. The van der Waals surface area contributed by atoms with Crippen molar-refractivity contribution in [1.82, 2.24) is 8.87 Å². The summed E-state index contributed by atoms with van der Waals surface area (Å²) in [5.74, 6) is 0.478. The van der Waals surface area contributed by atoms with Crippen LogP contribution in [0.15, 0.2) is 34.1 Å². The van der Waals surface area contributed by atoms with E-state index in [0.29, 0.717) is 23.1 Å². The zero-order valence-electron chi connectivity index (χ0n) is 23.2. The molecule has 2 aromatic rings. The Morgan fingerprint density at radius 2 is 1.62 bits per heavy atom. The van der Waals surface area contributed by atoms with Crippen LogP contribution in [0.5, 0.6) is 0 Å². The van der Waals surface area contributed by atoms with E-state index in [-0.39, 0.29) is 4.90 Å². The smallest absolute Gasteiger partial charge is 0.243 e. The predicted molar refractivity (Wildman–Crippen MR) is 148 cm³/mol. The molecule has 0 bridgehead atoms. The maximum Gasteiger partial charge on any atom is 0.243 e. The van der Waals surface area contributed by atoms with Gasteiger partial charge >= 0.3 is 0 Å². The van der Waals surface area contributed by atoms with Crippen LogP contribution in [0, 0.1) is 12.8 Å². The SMILES string of the molecule is Cc1c(S(N)(=O)=O)cc(-c2ccc(S(=O)(=O)N3CCCC3(C)C)c(C(C)(C)C)c2)n1CC1CCCCC1. The van der Waals surface area contributed by atoms with Gasteiger partial charge in [-0.3, -0.25) is 0 Å². The van der Waals surface area contributed by atoms with Gasteiger partial charge in [-0.1, -0.05) is 46.1 Å². The van der Waals surface area contributed by atoms with Gasteiger partial charge in [0, 0.05) is 30.0 Å². The second kappa shape index (κ2) is 9.81. The molecular formula is C28H43N3O4S2. The Hall–Kier alpha value is -1.68. The molecule has 1 aliphatic heterocycles. The van der Waals surface area contributed by atoms with Crippen LogP contribution in [0.25, 0.3) is 11.3 Å². The number of rotatable bonds is 6. The first-order chi connectivity index (χ1) is 17.0. The molecule has 1 aromatic carbocycles. The van der Waals surface area contributed by atoms with Gasteiger partial charge in [-0.25, -0.2) is 22.0 Å². The van der Waals surface area contributed by atoms with E-state index < -0.39 is 31.0 Å². The molecular weight excluding hydrogens is 506 g/mol. The molecule has 9 heteroatoms. The molecule has 1 saturated heterocycles. The van der Waals surface area contributed by atoms with Crippen LogP contribution in [0.1, 0.15) is 90.8 Å². The van der Waals surface area contributed by atoms with Crippen molar-refractivity contribution in [1.29, 1.82) is 0 Å². The Labute approximate surface area is 223 Å². The minimum absolute atomic E-state index is 0.131. The summed E-state index contributed by atoms with van der Waals surface area (Å²) >= 11 is 0. The Kier molecular flexibility index (Phi) is 7.51. The summed E-state index contributed by atoms with van der Waals surface area (Å²) in [6, 6.07) is 7.13. The van der Waals surface area contributed by atoms with Gasteiger partial charge in [-0.05, 0) is 87.1 Å². The van der Waals surface area contributed by atoms with Gasteiger partial charge in [0.1, 0.15) is 4.90 Å². The van der Waals surface area contributed by atoms with Gasteiger partial charge in [0.25, 0.3) is 0 Å². The second-order valence-corrected chi connectivity index (χ2v) is 16.0. The average Bonchev–Trinajstić information content (AvgIpc) is 3.32. The zero-order valence-corrected chi connectivity index (χ0v) is 24.8. The molecule has 2 N–H and O–H groups in total. The highest BCUT2D eigenvalue weighted by Crippen LogP contribution is 2.40. The van der Waals surface area contributed by atoms with Gasteiger partial charge < -0.3 is 4.57 Å². The zero-order chi connectivity index (χ0) is 27.4. The summed E-state index contributed by atoms with van der Waals surface area (Å²) < 4.78 is 56.4. The Morgan fingerprint density at radius 3 is 2.16 bits per heavy atom. The quantitative estimate of drug-likeness (QED) is 0.510. The molecule has 7 nitrogen and oxygen atoms in total. The maximum atomic E-state index is 13.9. The van der Waals surface area contributed by atoms with Crippen molar-refractivity contribution >= 4 is 20.0 Å². The Balaban J connectivity index is 1.87. The van der Waals surface area contributed by atoms with Crippen LogP contribution < -0.4 is 5.14 Å². The molecule has 1 aromatic heterocycles. The third kappa shape index (κ3) is 5.56. The number of aromatic nitrogens is 1. The lowest BCUT2D eigenvalue weighted by Gasteiger charge is -2.33. The van der Waals surface area contributed by atoms with Crippen molar-refractivity contribution in [3.63, 3.8) is 0 Å². The van der Waals surface area contributed by atoms with E-state index in [1.807, 2.05) is 53.7 Å². The van der Waals surface area contributed by atoms with Crippen LogP contribution in [0.3, 0.4) is 0 Å². The number of benzene rings is 1. The number of sulfonamides is 2. The van der Waals surface area contributed by atoms with E-state index in [4.69, 9.17) is 5.14 Å². The van der Waals surface area contributed by atoms with E-state index in [9.17, 15) is 16.8 Å². The van der Waals surface area contributed by atoms with E-state index in [2.05, 4.69) is 4.57 Å². The molecule has 206 valence electrons. The first-order valence-electron chi connectivity index (χ1n) is 13.4. The van der Waals surface area contributed by atoms with Gasteiger partial charge in [0.05, 0.1) is 4.90 Å². The largest absolute Gasteiger partial charge is 0.343 e. The number of hydrogen-bond donors (Lipinski definition) is 1. The van der Waals surface area contributed by atoms with Crippen molar-refractivity contribution in [3.8, 4) is 11.3 Å². The second-order valence-electron chi connectivity index (χ2n) is 12.6. The normalized spacial score (nSPS) is 20.0. The lowest BCUT2D eigenvalue weighted by atomic mass is 9.85. The van der Waals surface area contributed by atoms with Gasteiger partial charge in [-0.2, -0.15) is 4.31 Å². The molecule has 0 radical (unpaired) electrons. The van der Waals surface area contributed by atoms with Gasteiger partial charge in [0.15, 0.2) is 0 Å². The van der Waals surface area contributed by atoms with E-state index >= 15 is 0 Å². The Morgan fingerprint density at radius 1 is 0.973 bits per heavy atom. The van der Waals surface area contributed by atoms with E-state index in [1.54, 1.807) is 16.4 Å². The van der Waals surface area contributed by atoms with Crippen molar-refractivity contribution in [2.75, 3.05) is 6.54 Å². The molecule has 0 amide bonds. The molecule has 2 aliphatic rings.